The number of rotatable bonds is 6. The molecule has 152 valence electrons. The normalized spacial score (nSPS) is 12.2. The highest BCUT2D eigenvalue weighted by Crippen LogP contribution is 2.25. The number of imidazole rings is 1. The van der Waals surface area contributed by atoms with Crippen molar-refractivity contribution < 1.29 is 0 Å². The molecular formula is C17H26N8O2S. The lowest BCUT2D eigenvalue weighted by atomic mass is 9.96. The summed E-state index contributed by atoms with van der Waals surface area (Å²) in [6.07, 6.45) is 1.76. The van der Waals surface area contributed by atoms with Crippen molar-refractivity contribution >= 4 is 22.9 Å². The van der Waals surface area contributed by atoms with Crippen LogP contribution in [0.4, 0.5) is 0 Å². The van der Waals surface area contributed by atoms with Gasteiger partial charge in [0.05, 0.1) is 5.75 Å². The Bertz CT molecular complexity index is 1120. The molecular weight excluding hydrogens is 380 g/mol. The number of fused-ring (bicyclic) bond motifs is 1. The molecule has 0 aromatic carbocycles. The molecule has 0 atom stereocenters. The van der Waals surface area contributed by atoms with Crippen molar-refractivity contribution in [3.63, 3.8) is 0 Å². The van der Waals surface area contributed by atoms with Crippen molar-refractivity contribution in [2.45, 2.75) is 63.4 Å². The number of H-pyrrole nitrogens is 1. The van der Waals surface area contributed by atoms with Crippen molar-refractivity contribution in [3.8, 4) is 0 Å². The summed E-state index contributed by atoms with van der Waals surface area (Å²) in [5, 5.41) is 8.90. The first-order valence-electron chi connectivity index (χ1n) is 9.17. The van der Waals surface area contributed by atoms with Gasteiger partial charge >= 0.3 is 5.69 Å². The van der Waals surface area contributed by atoms with E-state index < -0.39 is 11.2 Å². The fraction of sp³-hybridized carbons (Fsp3) is 0.588. The van der Waals surface area contributed by atoms with Crippen LogP contribution in [0.5, 0.6) is 0 Å². The summed E-state index contributed by atoms with van der Waals surface area (Å²) in [4.78, 5) is 31.5. The fourth-order valence-corrected chi connectivity index (χ4v) is 3.80. The van der Waals surface area contributed by atoms with Gasteiger partial charge in [0.25, 0.3) is 5.56 Å². The third kappa shape index (κ3) is 3.58. The molecule has 3 rings (SSSR count). The summed E-state index contributed by atoms with van der Waals surface area (Å²) in [5.41, 5.74) is -0.294. The molecule has 11 heteroatoms. The summed E-state index contributed by atoms with van der Waals surface area (Å²) >= 11 is 1.38. The molecule has 0 unspecified atom stereocenters. The van der Waals surface area contributed by atoms with E-state index in [2.05, 4.69) is 20.2 Å². The fourth-order valence-electron chi connectivity index (χ4n) is 2.96. The molecule has 3 aromatic rings. The summed E-state index contributed by atoms with van der Waals surface area (Å²) in [7, 11) is 1.77. The average Bonchev–Trinajstić information content (AvgIpc) is 3.13. The first-order chi connectivity index (χ1) is 13.1. The Morgan fingerprint density at radius 3 is 2.54 bits per heavy atom. The van der Waals surface area contributed by atoms with E-state index in [1.165, 1.54) is 21.0 Å². The number of nitrogens with one attached hydrogen (secondary N) is 1. The first kappa shape index (κ1) is 20.2. The second-order valence-electron chi connectivity index (χ2n) is 7.74. The maximum Gasteiger partial charge on any atom is 0.330 e. The molecule has 3 N–H and O–H groups in total. The molecule has 0 aliphatic rings. The van der Waals surface area contributed by atoms with Gasteiger partial charge in [-0.15, -0.1) is 10.2 Å². The molecule has 0 fully saturated rings. The minimum absolute atomic E-state index is 0.221. The van der Waals surface area contributed by atoms with Gasteiger partial charge in [-0.1, -0.05) is 45.9 Å². The zero-order valence-corrected chi connectivity index (χ0v) is 17.6. The molecule has 3 heterocycles. The zero-order chi connectivity index (χ0) is 20.6. The zero-order valence-electron chi connectivity index (χ0n) is 16.8. The van der Waals surface area contributed by atoms with Gasteiger partial charge in [0.2, 0.25) is 5.16 Å². The number of aromatic nitrogens is 7. The molecule has 10 nitrogen and oxygen atoms in total. The first-order valence-corrected chi connectivity index (χ1v) is 10.2. The summed E-state index contributed by atoms with van der Waals surface area (Å²) in [5.74, 6) is 7.91. The highest BCUT2D eigenvalue weighted by molar-refractivity contribution is 7.98. The summed E-state index contributed by atoms with van der Waals surface area (Å²) in [6, 6.07) is 0. The van der Waals surface area contributed by atoms with E-state index in [1.54, 1.807) is 11.6 Å². The molecule has 0 aliphatic carbocycles. The lowest BCUT2D eigenvalue weighted by Gasteiger charge is -2.16. The predicted octanol–water partition coefficient (Wildman–Crippen LogP) is 1.12. The molecule has 0 aliphatic heterocycles. The van der Waals surface area contributed by atoms with Crippen LogP contribution in [-0.4, -0.2) is 34.0 Å². The van der Waals surface area contributed by atoms with Crippen LogP contribution in [0.3, 0.4) is 0 Å². The standard InChI is InChI=1S/C17H26N8O2S/c1-6-7-8-24-12-11(13(26)20-15(24)27)23(5)10(19-12)9-28-16-22-21-14(25(16)18)17(2,3)4/h6-9,18H2,1-5H3,(H,20,26,27). The molecule has 0 spiro atoms. The smallest absolute Gasteiger partial charge is 0.330 e. The van der Waals surface area contributed by atoms with Crippen LogP contribution in [0, 0.1) is 0 Å². The molecule has 0 bridgehead atoms. The molecule has 0 amide bonds. The Hall–Kier alpha value is -2.56. The summed E-state index contributed by atoms with van der Waals surface area (Å²) in [6.45, 7) is 8.61. The minimum atomic E-state index is -0.434. The van der Waals surface area contributed by atoms with Gasteiger partial charge in [-0.05, 0) is 6.42 Å². The number of nitrogens with two attached hydrogens (primary N) is 1. The van der Waals surface area contributed by atoms with Gasteiger partial charge in [-0.25, -0.2) is 14.5 Å². The van der Waals surface area contributed by atoms with Gasteiger partial charge in [0.15, 0.2) is 17.0 Å². The highest BCUT2D eigenvalue weighted by Gasteiger charge is 2.23. The van der Waals surface area contributed by atoms with Crippen molar-refractivity contribution in [1.82, 2.24) is 34.0 Å². The second-order valence-corrected chi connectivity index (χ2v) is 8.68. The Balaban J connectivity index is 1.96. The third-order valence-electron chi connectivity index (χ3n) is 4.51. The number of hydrogen-bond acceptors (Lipinski definition) is 7. The molecule has 3 aromatic heterocycles. The predicted molar refractivity (Wildman–Crippen MR) is 109 cm³/mol. The number of aromatic amines is 1. The van der Waals surface area contributed by atoms with Crippen LogP contribution < -0.4 is 17.1 Å². The SMILES string of the molecule is CCCCn1c(=O)[nH]c(=O)c2c1nc(CSc1nnc(C(C)(C)C)n1N)n2C. The van der Waals surface area contributed by atoms with Crippen molar-refractivity contribution in [3.05, 3.63) is 32.5 Å². The quantitative estimate of drug-likeness (QED) is 0.463. The van der Waals surface area contributed by atoms with E-state index in [0.717, 1.165) is 12.8 Å². The van der Waals surface area contributed by atoms with Crippen LogP contribution in [0.15, 0.2) is 14.7 Å². The second kappa shape index (κ2) is 7.46. The Labute approximate surface area is 166 Å². The largest absolute Gasteiger partial charge is 0.336 e. The molecule has 0 saturated heterocycles. The lowest BCUT2D eigenvalue weighted by Crippen LogP contribution is -2.31. The maximum atomic E-state index is 12.3. The molecule has 28 heavy (non-hydrogen) atoms. The maximum absolute atomic E-state index is 12.3. The van der Waals surface area contributed by atoms with E-state index in [4.69, 9.17) is 5.84 Å². The monoisotopic (exact) mass is 406 g/mol. The number of unbranched alkanes of at least 4 members (excludes halogenated alkanes) is 1. The van der Waals surface area contributed by atoms with Crippen LogP contribution in [0.25, 0.3) is 11.2 Å². The summed E-state index contributed by atoms with van der Waals surface area (Å²) < 4.78 is 4.72. The van der Waals surface area contributed by atoms with Gasteiger partial charge in [-0.3, -0.25) is 14.3 Å². The average molecular weight is 407 g/mol. The van der Waals surface area contributed by atoms with Gasteiger partial charge < -0.3 is 10.4 Å². The highest BCUT2D eigenvalue weighted by atomic mass is 32.2. The molecule has 0 radical (unpaired) electrons. The lowest BCUT2D eigenvalue weighted by molar-refractivity contribution is 0.523. The van der Waals surface area contributed by atoms with Gasteiger partial charge in [-0.2, -0.15) is 0 Å². The van der Waals surface area contributed by atoms with Crippen molar-refractivity contribution in [2.75, 3.05) is 5.84 Å². The van der Waals surface area contributed by atoms with Crippen LogP contribution in [0.2, 0.25) is 0 Å². The topological polar surface area (TPSA) is 129 Å². The third-order valence-corrected chi connectivity index (χ3v) is 5.45. The van der Waals surface area contributed by atoms with E-state index in [-0.39, 0.29) is 5.41 Å². The van der Waals surface area contributed by atoms with Gasteiger partial charge in [0.1, 0.15) is 5.82 Å². The Morgan fingerprint density at radius 1 is 1.21 bits per heavy atom. The number of aryl methyl sites for hydroxylation is 2. The number of thioether (sulfide) groups is 1. The van der Waals surface area contributed by atoms with Crippen molar-refractivity contribution in [2.24, 2.45) is 7.05 Å². The van der Waals surface area contributed by atoms with Gasteiger partial charge in [0, 0.05) is 19.0 Å². The molecule has 0 saturated carbocycles. The van der Waals surface area contributed by atoms with Crippen LogP contribution >= 0.6 is 11.8 Å². The van der Waals surface area contributed by atoms with E-state index >= 15 is 0 Å². The van der Waals surface area contributed by atoms with Crippen molar-refractivity contribution in [1.29, 1.82) is 0 Å². The van der Waals surface area contributed by atoms with E-state index in [1.807, 2.05) is 27.7 Å². The van der Waals surface area contributed by atoms with E-state index in [9.17, 15) is 9.59 Å². The Kier molecular flexibility index (Phi) is 5.37. The number of nitrogen functional groups attached to an aromatic ring is 1. The number of nitrogens with zero attached hydrogens (tertiary/aromatic N) is 6. The minimum Gasteiger partial charge on any atom is -0.336 e. The van der Waals surface area contributed by atoms with E-state index in [0.29, 0.717) is 40.3 Å². The van der Waals surface area contributed by atoms with Crippen LogP contribution in [0.1, 0.15) is 52.2 Å². The Morgan fingerprint density at radius 2 is 1.93 bits per heavy atom. The number of hydrogen-bond donors (Lipinski definition) is 2. The van der Waals surface area contributed by atoms with Crippen LogP contribution in [-0.2, 0) is 24.8 Å².